The third-order valence-electron chi connectivity index (χ3n) is 2.60. The van der Waals surface area contributed by atoms with Gasteiger partial charge in [0.25, 0.3) is 5.84 Å². The molecule has 2 heterocycles. The van der Waals surface area contributed by atoms with E-state index in [0.29, 0.717) is 9.33 Å². The minimum absolute atomic E-state index is 0.418. The molecule has 0 aliphatic carbocycles. The Morgan fingerprint density at radius 3 is 2.82 bits per heavy atom. The maximum Gasteiger partial charge on any atom is 0.271 e. The van der Waals surface area contributed by atoms with Gasteiger partial charge in [0.05, 0.1) is 12.7 Å². The third-order valence-corrected chi connectivity index (χ3v) is 3.53. The van der Waals surface area contributed by atoms with Crippen molar-refractivity contribution in [1.82, 2.24) is 10.2 Å². The fourth-order valence-electron chi connectivity index (χ4n) is 1.66. The van der Waals surface area contributed by atoms with Crippen LogP contribution in [0.2, 0.25) is 0 Å². The Morgan fingerprint density at radius 2 is 2.18 bits per heavy atom. The second-order valence-electron chi connectivity index (χ2n) is 3.94. The number of quaternary nitrogens is 1. The van der Waals surface area contributed by atoms with Gasteiger partial charge in [-0.3, -0.25) is 0 Å². The molecule has 0 bridgehead atoms. The molecule has 17 heavy (non-hydrogen) atoms. The van der Waals surface area contributed by atoms with E-state index >= 15 is 0 Å². The van der Waals surface area contributed by atoms with E-state index in [1.165, 1.54) is 0 Å². The second kappa shape index (κ2) is 4.93. The Kier molecular flexibility index (Phi) is 3.54. The molecule has 1 aliphatic rings. The van der Waals surface area contributed by atoms with Crippen LogP contribution in [0, 0.1) is 0 Å². The number of nitrogens with zero attached hydrogens (tertiary/aromatic N) is 4. The molecule has 6 heteroatoms. The first-order valence-electron chi connectivity index (χ1n) is 5.59. The number of unbranched alkanes of at least 4 members (excludes halogenated alkanes) is 1. The quantitative estimate of drug-likeness (QED) is 0.867. The van der Waals surface area contributed by atoms with Gasteiger partial charge in [0, 0.05) is 0 Å². The highest BCUT2D eigenvalue weighted by Gasteiger charge is 2.35. The van der Waals surface area contributed by atoms with E-state index < -0.39 is 0 Å². The predicted octanol–water partition coefficient (Wildman–Crippen LogP) is 2.22. The summed E-state index contributed by atoms with van der Waals surface area (Å²) in [5.41, 5.74) is 6.27. The molecule has 0 fully saturated rings. The topological polar surface area (TPSA) is 64.2 Å². The van der Waals surface area contributed by atoms with Crippen LogP contribution >= 0.6 is 16.1 Å². The van der Waals surface area contributed by atoms with Gasteiger partial charge >= 0.3 is 0 Å². The molecule has 1 aliphatic heterocycles. The SMILES string of the molecule is CCCC[N+]1(Br)C=CN=C1c1ccc(N)nn1. The van der Waals surface area contributed by atoms with Crippen molar-refractivity contribution in [2.24, 2.45) is 4.99 Å². The van der Waals surface area contributed by atoms with Crippen LogP contribution in [0.25, 0.3) is 0 Å². The second-order valence-corrected chi connectivity index (χ2v) is 5.21. The summed E-state index contributed by atoms with van der Waals surface area (Å²) < 4.78 is 0.499. The van der Waals surface area contributed by atoms with Crippen LogP contribution in [-0.2, 0) is 0 Å². The standard InChI is InChI=1S/C11H15BrN5/c1-2-3-7-17(12)8-6-14-11(17)9-4-5-10(13)16-15-9/h4-6,8H,2-3,7H2,1H3,(H2,13,16)/q+1. The summed E-state index contributed by atoms with van der Waals surface area (Å²) in [4.78, 5) is 4.36. The fourth-order valence-corrected chi connectivity index (χ4v) is 2.29. The molecule has 90 valence electrons. The van der Waals surface area contributed by atoms with E-state index in [2.05, 4.69) is 38.3 Å². The van der Waals surface area contributed by atoms with E-state index in [-0.39, 0.29) is 0 Å². The Balaban J connectivity index is 2.24. The first-order chi connectivity index (χ1) is 8.15. The third kappa shape index (κ3) is 2.53. The Morgan fingerprint density at radius 1 is 1.35 bits per heavy atom. The van der Waals surface area contributed by atoms with Gasteiger partial charge in [0.2, 0.25) is 16.1 Å². The molecule has 1 unspecified atom stereocenters. The van der Waals surface area contributed by atoms with Gasteiger partial charge in [0.15, 0.2) is 5.69 Å². The number of hydrogen-bond donors (Lipinski definition) is 1. The summed E-state index contributed by atoms with van der Waals surface area (Å²) >= 11 is 3.69. The molecule has 0 saturated heterocycles. The zero-order chi connectivity index (χ0) is 12.3. The highest BCUT2D eigenvalue weighted by Crippen LogP contribution is 2.27. The van der Waals surface area contributed by atoms with Crippen LogP contribution in [-0.4, -0.2) is 26.1 Å². The molecule has 0 amide bonds. The van der Waals surface area contributed by atoms with Crippen LogP contribution in [0.5, 0.6) is 0 Å². The van der Waals surface area contributed by atoms with Gasteiger partial charge in [-0.05, 0) is 18.6 Å². The number of amidine groups is 1. The zero-order valence-corrected chi connectivity index (χ0v) is 11.3. The highest BCUT2D eigenvalue weighted by atomic mass is 79.9. The number of nitrogen functional groups attached to an aromatic ring is 1. The number of nitrogens with two attached hydrogens (primary N) is 1. The lowest BCUT2D eigenvalue weighted by Gasteiger charge is -2.22. The molecule has 0 spiro atoms. The van der Waals surface area contributed by atoms with Gasteiger partial charge in [-0.25, -0.2) is 0 Å². The number of hydrogen-bond acceptors (Lipinski definition) is 4. The van der Waals surface area contributed by atoms with Gasteiger partial charge in [-0.2, -0.15) is 8.50 Å². The largest absolute Gasteiger partial charge is 0.382 e. The summed E-state index contributed by atoms with van der Waals surface area (Å²) in [6.45, 7) is 3.11. The van der Waals surface area contributed by atoms with Crippen LogP contribution in [0.15, 0.2) is 29.5 Å². The molecule has 0 radical (unpaired) electrons. The van der Waals surface area contributed by atoms with Crippen molar-refractivity contribution in [2.75, 3.05) is 12.3 Å². The molecular formula is C11H15BrN5+. The van der Waals surface area contributed by atoms with Crippen LogP contribution in [0.4, 0.5) is 5.82 Å². The van der Waals surface area contributed by atoms with E-state index in [1.54, 1.807) is 12.3 Å². The summed E-state index contributed by atoms with van der Waals surface area (Å²) in [5.74, 6) is 1.27. The van der Waals surface area contributed by atoms with Crippen molar-refractivity contribution in [2.45, 2.75) is 19.8 Å². The predicted molar refractivity (Wildman–Crippen MR) is 71.1 cm³/mol. The Labute approximate surface area is 109 Å². The van der Waals surface area contributed by atoms with Crippen molar-refractivity contribution in [3.05, 3.63) is 30.2 Å². The van der Waals surface area contributed by atoms with Crippen LogP contribution in [0.1, 0.15) is 25.5 Å². The minimum atomic E-state index is 0.418. The Bertz CT molecular complexity index is 453. The van der Waals surface area contributed by atoms with Crippen molar-refractivity contribution in [3.63, 3.8) is 0 Å². The van der Waals surface area contributed by atoms with Crippen molar-refractivity contribution in [1.29, 1.82) is 0 Å². The first kappa shape index (κ1) is 12.2. The summed E-state index contributed by atoms with van der Waals surface area (Å²) in [6.07, 6.45) is 6.04. The summed E-state index contributed by atoms with van der Waals surface area (Å²) in [5, 5.41) is 7.93. The maximum absolute atomic E-state index is 5.53. The Hall–Kier alpha value is -1.27. The van der Waals surface area contributed by atoms with Gasteiger partial charge in [0.1, 0.15) is 12.0 Å². The molecule has 0 aromatic carbocycles. The van der Waals surface area contributed by atoms with E-state index in [1.807, 2.05) is 12.3 Å². The molecule has 1 aromatic rings. The summed E-state index contributed by atoms with van der Waals surface area (Å²) in [7, 11) is 0. The van der Waals surface area contributed by atoms with Crippen LogP contribution < -0.4 is 5.73 Å². The fraction of sp³-hybridized carbons (Fsp3) is 0.364. The number of anilines is 1. The molecule has 0 saturated carbocycles. The smallest absolute Gasteiger partial charge is 0.271 e. The molecule has 2 rings (SSSR count). The van der Waals surface area contributed by atoms with E-state index in [4.69, 9.17) is 5.73 Å². The lowest BCUT2D eigenvalue weighted by Crippen LogP contribution is -2.38. The van der Waals surface area contributed by atoms with Crippen molar-refractivity contribution >= 4 is 27.8 Å². The van der Waals surface area contributed by atoms with Crippen molar-refractivity contribution < 1.29 is 3.51 Å². The number of rotatable bonds is 4. The van der Waals surface area contributed by atoms with Crippen LogP contribution in [0.3, 0.4) is 0 Å². The number of aromatic nitrogens is 2. The number of halogens is 1. The minimum Gasteiger partial charge on any atom is -0.382 e. The average Bonchev–Trinajstić information content (AvgIpc) is 2.70. The van der Waals surface area contributed by atoms with Crippen molar-refractivity contribution in [3.8, 4) is 0 Å². The molecule has 2 N–H and O–H groups in total. The van der Waals surface area contributed by atoms with Gasteiger partial charge < -0.3 is 5.73 Å². The average molecular weight is 297 g/mol. The summed E-state index contributed by atoms with van der Waals surface area (Å²) in [6, 6.07) is 3.58. The van der Waals surface area contributed by atoms with E-state index in [9.17, 15) is 0 Å². The lowest BCUT2D eigenvalue weighted by atomic mass is 10.3. The van der Waals surface area contributed by atoms with E-state index in [0.717, 1.165) is 30.9 Å². The molecule has 1 atom stereocenters. The number of aliphatic imine (C=N–C) groups is 1. The molecule has 5 nitrogen and oxygen atoms in total. The first-order valence-corrected chi connectivity index (χ1v) is 6.30. The molecule has 1 aromatic heterocycles. The lowest BCUT2D eigenvalue weighted by molar-refractivity contribution is -0.616. The van der Waals surface area contributed by atoms with Gasteiger partial charge in [-0.15, -0.1) is 10.2 Å². The monoisotopic (exact) mass is 296 g/mol. The van der Waals surface area contributed by atoms with Gasteiger partial charge in [-0.1, -0.05) is 13.3 Å². The molecular weight excluding hydrogens is 282 g/mol. The normalized spacial score (nSPS) is 22.8. The zero-order valence-electron chi connectivity index (χ0n) is 9.67. The maximum atomic E-state index is 5.53. The highest BCUT2D eigenvalue weighted by molar-refractivity contribution is 9.05.